The number of aromatic nitrogens is 4. The monoisotopic (exact) mass is 682 g/mol. The first-order valence-electron chi connectivity index (χ1n) is 17.4. The number of imidazole rings is 1. The van der Waals surface area contributed by atoms with Gasteiger partial charge in [0.1, 0.15) is 10.7 Å². The molecular formula is C47H30N4S. The summed E-state index contributed by atoms with van der Waals surface area (Å²) in [6.45, 7) is 0. The molecule has 0 radical (unpaired) electrons. The van der Waals surface area contributed by atoms with Crippen LogP contribution in [0.1, 0.15) is 0 Å². The molecule has 0 saturated carbocycles. The molecule has 10 rings (SSSR count). The molecule has 4 nitrogen and oxygen atoms in total. The molecule has 0 aliphatic carbocycles. The molecule has 0 unspecified atom stereocenters. The maximum Gasteiger partial charge on any atom is 0.161 e. The zero-order chi connectivity index (χ0) is 34.4. The second kappa shape index (κ2) is 12.6. The SMILES string of the molecule is c1ccc(-c2nc(-c3cccc(-c4cccc(-c5cccc(-c6nc7ccccc7n6-c6ccccc6)c5)c4)c3)nc3sc4ccccc4c23)cc1. The van der Waals surface area contributed by atoms with Gasteiger partial charge in [-0.3, -0.25) is 4.57 Å². The van der Waals surface area contributed by atoms with Crippen molar-refractivity contribution in [3.63, 3.8) is 0 Å². The summed E-state index contributed by atoms with van der Waals surface area (Å²) < 4.78 is 3.46. The van der Waals surface area contributed by atoms with E-state index in [2.05, 4.69) is 168 Å². The maximum absolute atomic E-state index is 5.23. The highest BCUT2D eigenvalue weighted by Crippen LogP contribution is 2.40. The van der Waals surface area contributed by atoms with E-state index in [1.807, 2.05) is 18.2 Å². The Morgan fingerprint density at radius 3 is 1.73 bits per heavy atom. The topological polar surface area (TPSA) is 43.6 Å². The molecule has 0 fully saturated rings. The van der Waals surface area contributed by atoms with E-state index in [0.29, 0.717) is 0 Å². The van der Waals surface area contributed by atoms with Gasteiger partial charge >= 0.3 is 0 Å². The Morgan fingerprint density at radius 2 is 0.981 bits per heavy atom. The summed E-state index contributed by atoms with van der Waals surface area (Å²) in [5.74, 6) is 1.65. The lowest BCUT2D eigenvalue weighted by Gasteiger charge is -2.12. The van der Waals surface area contributed by atoms with E-state index >= 15 is 0 Å². The minimum absolute atomic E-state index is 0.727. The van der Waals surface area contributed by atoms with Gasteiger partial charge in [0.05, 0.1) is 16.7 Å². The van der Waals surface area contributed by atoms with E-state index in [0.717, 1.165) is 83.2 Å². The van der Waals surface area contributed by atoms with Crippen LogP contribution in [-0.4, -0.2) is 19.5 Å². The van der Waals surface area contributed by atoms with Gasteiger partial charge in [-0.1, -0.05) is 133 Å². The number of hydrogen-bond acceptors (Lipinski definition) is 4. The van der Waals surface area contributed by atoms with Crippen molar-refractivity contribution in [1.29, 1.82) is 0 Å². The lowest BCUT2D eigenvalue weighted by Crippen LogP contribution is -1.97. The van der Waals surface area contributed by atoms with E-state index in [1.54, 1.807) is 11.3 Å². The average molecular weight is 683 g/mol. The van der Waals surface area contributed by atoms with Crippen LogP contribution in [0.2, 0.25) is 0 Å². The Kier molecular flexibility index (Phi) is 7.29. The summed E-state index contributed by atoms with van der Waals surface area (Å²) in [6.07, 6.45) is 0. The molecule has 0 amide bonds. The molecule has 244 valence electrons. The molecule has 0 saturated heterocycles. The first kappa shape index (κ1) is 30.2. The van der Waals surface area contributed by atoms with Crippen LogP contribution in [0.5, 0.6) is 0 Å². The van der Waals surface area contributed by atoms with Crippen LogP contribution < -0.4 is 0 Å². The first-order chi connectivity index (χ1) is 25.8. The van der Waals surface area contributed by atoms with Crippen LogP contribution in [0.15, 0.2) is 182 Å². The Hall–Kier alpha value is -6.69. The standard InChI is InChI=1S/C47H30N4S/c1-3-14-31(15-4-1)44-43-39-24-7-10-27-42(39)52-47(43)50-45(49-44)36-20-12-18-34(29-36)32-16-11-17-33(28-32)35-19-13-21-37(30-35)46-48-40-25-8-9-26-41(40)51(46)38-22-5-2-6-23-38/h1-30H. The van der Waals surface area contributed by atoms with Gasteiger partial charge < -0.3 is 0 Å². The van der Waals surface area contributed by atoms with Crippen LogP contribution in [-0.2, 0) is 0 Å². The van der Waals surface area contributed by atoms with Crippen molar-refractivity contribution in [2.75, 3.05) is 0 Å². The highest BCUT2D eigenvalue weighted by molar-refractivity contribution is 7.25. The highest BCUT2D eigenvalue weighted by Gasteiger charge is 2.18. The fourth-order valence-electron chi connectivity index (χ4n) is 7.17. The van der Waals surface area contributed by atoms with Crippen LogP contribution >= 0.6 is 11.3 Å². The molecule has 5 heteroatoms. The van der Waals surface area contributed by atoms with Crippen molar-refractivity contribution in [3.05, 3.63) is 182 Å². The molecule has 0 bridgehead atoms. The fraction of sp³-hybridized carbons (Fsp3) is 0. The zero-order valence-corrected chi connectivity index (χ0v) is 28.8. The molecule has 0 spiro atoms. The van der Waals surface area contributed by atoms with Gasteiger partial charge in [0, 0.05) is 37.9 Å². The van der Waals surface area contributed by atoms with Crippen LogP contribution in [0.4, 0.5) is 0 Å². The Labute approximate surface area is 305 Å². The third-order valence-electron chi connectivity index (χ3n) is 9.63. The van der Waals surface area contributed by atoms with Crippen LogP contribution in [0, 0.1) is 0 Å². The fourth-order valence-corrected chi connectivity index (χ4v) is 8.24. The van der Waals surface area contributed by atoms with Gasteiger partial charge in [0.25, 0.3) is 0 Å². The number of para-hydroxylation sites is 3. The maximum atomic E-state index is 5.23. The number of nitrogens with zero attached hydrogens (tertiary/aromatic N) is 4. The summed E-state index contributed by atoms with van der Waals surface area (Å²) in [6, 6.07) is 63.8. The van der Waals surface area contributed by atoms with Gasteiger partial charge in [-0.25, -0.2) is 15.0 Å². The summed E-state index contributed by atoms with van der Waals surface area (Å²) in [4.78, 5) is 16.5. The quantitative estimate of drug-likeness (QED) is 0.175. The molecular weight excluding hydrogens is 653 g/mol. The summed E-state index contributed by atoms with van der Waals surface area (Å²) in [5, 5.41) is 2.31. The largest absolute Gasteiger partial charge is 0.292 e. The number of thiophene rings is 1. The third-order valence-corrected chi connectivity index (χ3v) is 10.7. The average Bonchev–Trinajstić information content (AvgIpc) is 3.80. The van der Waals surface area contributed by atoms with Gasteiger partial charge in [-0.05, 0) is 70.8 Å². The van der Waals surface area contributed by atoms with E-state index in [-0.39, 0.29) is 0 Å². The van der Waals surface area contributed by atoms with E-state index < -0.39 is 0 Å². The predicted octanol–water partition coefficient (Wildman–Crippen LogP) is 12.5. The Balaban J connectivity index is 1.05. The normalized spacial score (nSPS) is 11.5. The van der Waals surface area contributed by atoms with E-state index in [4.69, 9.17) is 15.0 Å². The molecule has 0 aliphatic heterocycles. The minimum atomic E-state index is 0.727. The molecule has 0 N–H and O–H groups in total. The number of fused-ring (bicyclic) bond motifs is 4. The third kappa shape index (κ3) is 5.27. The van der Waals surface area contributed by atoms with Crippen LogP contribution in [0.25, 0.3) is 93.3 Å². The van der Waals surface area contributed by atoms with Gasteiger partial charge in [-0.15, -0.1) is 11.3 Å². The van der Waals surface area contributed by atoms with Crippen molar-refractivity contribution < 1.29 is 0 Å². The second-order valence-electron chi connectivity index (χ2n) is 12.9. The first-order valence-corrected chi connectivity index (χ1v) is 18.2. The zero-order valence-electron chi connectivity index (χ0n) is 28.0. The summed E-state index contributed by atoms with van der Waals surface area (Å²) >= 11 is 1.72. The predicted molar refractivity (Wildman–Crippen MR) is 217 cm³/mol. The number of benzene rings is 7. The molecule has 7 aromatic carbocycles. The molecule has 52 heavy (non-hydrogen) atoms. The second-order valence-corrected chi connectivity index (χ2v) is 13.9. The number of rotatable bonds is 6. The minimum Gasteiger partial charge on any atom is -0.292 e. The molecule has 3 heterocycles. The summed E-state index contributed by atoms with van der Waals surface area (Å²) in [7, 11) is 0. The van der Waals surface area contributed by atoms with Gasteiger partial charge in [0.15, 0.2) is 5.82 Å². The van der Waals surface area contributed by atoms with E-state index in [1.165, 1.54) is 10.1 Å². The van der Waals surface area contributed by atoms with Crippen molar-refractivity contribution in [3.8, 4) is 62.0 Å². The van der Waals surface area contributed by atoms with Crippen LogP contribution in [0.3, 0.4) is 0 Å². The van der Waals surface area contributed by atoms with Crippen molar-refractivity contribution in [2.45, 2.75) is 0 Å². The smallest absolute Gasteiger partial charge is 0.161 e. The molecule has 0 atom stereocenters. The lowest BCUT2D eigenvalue weighted by atomic mass is 9.97. The van der Waals surface area contributed by atoms with Crippen molar-refractivity contribution in [1.82, 2.24) is 19.5 Å². The van der Waals surface area contributed by atoms with Crippen molar-refractivity contribution in [2.24, 2.45) is 0 Å². The van der Waals surface area contributed by atoms with Crippen molar-refractivity contribution >= 4 is 42.7 Å². The molecule has 0 aliphatic rings. The molecule has 10 aromatic rings. The molecule has 3 aromatic heterocycles. The van der Waals surface area contributed by atoms with E-state index in [9.17, 15) is 0 Å². The number of hydrogen-bond donors (Lipinski definition) is 0. The highest BCUT2D eigenvalue weighted by atomic mass is 32.1. The lowest BCUT2D eigenvalue weighted by molar-refractivity contribution is 1.10. The Bertz CT molecular complexity index is 2910. The Morgan fingerprint density at radius 1 is 0.423 bits per heavy atom. The summed E-state index contributed by atoms with van der Waals surface area (Å²) in [5.41, 5.74) is 11.8. The van der Waals surface area contributed by atoms with Gasteiger partial charge in [0.2, 0.25) is 0 Å². The van der Waals surface area contributed by atoms with Gasteiger partial charge in [-0.2, -0.15) is 0 Å².